The van der Waals surface area contributed by atoms with E-state index >= 15 is 0 Å². The van der Waals surface area contributed by atoms with Gasteiger partial charge in [0, 0.05) is 29.1 Å². The fourth-order valence-electron chi connectivity index (χ4n) is 4.61. The molecule has 2 aliphatic rings. The number of carboxylic acids is 2. The summed E-state index contributed by atoms with van der Waals surface area (Å²) in [6.45, 7) is 4.32. The third-order valence-corrected chi connectivity index (χ3v) is 10.7. The van der Waals surface area contributed by atoms with Crippen LogP contribution in [0, 0.1) is 12.3 Å². The Kier molecular flexibility index (Phi) is 8.86. The number of fused-ring (bicyclic) bond motifs is 2. The highest BCUT2D eigenvalue weighted by molar-refractivity contribution is 8.00. The average Bonchev–Trinajstić information content (AvgIpc) is 3.64. The van der Waals surface area contributed by atoms with Crippen LogP contribution in [0.3, 0.4) is 0 Å². The molecule has 18 nitrogen and oxygen atoms in total. The summed E-state index contributed by atoms with van der Waals surface area (Å²) in [5, 5.41) is 31.9. The first-order chi connectivity index (χ1) is 21.7. The summed E-state index contributed by atoms with van der Waals surface area (Å²) in [6.07, 6.45) is 1.18. The number of rotatable bonds is 11. The summed E-state index contributed by atoms with van der Waals surface area (Å²) in [4.78, 5) is 77.8. The molecule has 46 heavy (non-hydrogen) atoms. The molecule has 0 bridgehead atoms. The molecule has 8 N–H and O–H groups in total. The number of anilines is 1. The van der Waals surface area contributed by atoms with Crippen molar-refractivity contribution in [3.63, 3.8) is 0 Å². The molecule has 5 rings (SSSR count). The monoisotopic (exact) mass is 692 g/mol. The van der Waals surface area contributed by atoms with Crippen LogP contribution in [0.1, 0.15) is 35.6 Å². The number of aliphatic carboxylic acids is 1. The van der Waals surface area contributed by atoms with E-state index in [4.69, 9.17) is 16.4 Å². The molecule has 0 aliphatic carbocycles. The first-order valence-electron chi connectivity index (χ1n) is 13.3. The Bertz CT molecular complexity index is 1790. The molecule has 0 aromatic carbocycles. The van der Waals surface area contributed by atoms with Gasteiger partial charge in [0.1, 0.15) is 33.1 Å². The Hall–Kier alpha value is -4.47. The number of carboxylic acid groups (broad SMARTS) is 2. The molecule has 2 unspecified atom stereocenters. The zero-order valence-corrected chi connectivity index (χ0v) is 26.9. The summed E-state index contributed by atoms with van der Waals surface area (Å²) < 4.78 is 1.35. The van der Waals surface area contributed by atoms with Gasteiger partial charge in [-0.3, -0.25) is 24.6 Å². The van der Waals surface area contributed by atoms with Crippen molar-refractivity contribution in [1.82, 2.24) is 35.2 Å². The maximum atomic E-state index is 13.4. The fraction of sp³-hybridized carbons (Fsp3) is 0.400. The van der Waals surface area contributed by atoms with Crippen molar-refractivity contribution in [2.45, 2.75) is 42.8 Å². The van der Waals surface area contributed by atoms with Crippen LogP contribution in [0.25, 0.3) is 5.65 Å². The van der Waals surface area contributed by atoms with E-state index in [2.05, 4.69) is 25.5 Å². The Morgan fingerprint density at radius 2 is 2.02 bits per heavy atom. The van der Waals surface area contributed by atoms with Gasteiger partial charge in [-0.15, -0.1) is 34.9 Å². The number of thiazole rings is 1. The number of hydrogen-bond donors (Lipinski definition) is 6. The molecule has 0 radical (unpaired) electrons. The summed E-state index contributed by atoms with van der Waals surface area (Å²) in [6, 6.07) is 0.673. The van der Waals surface area contributed by atoms with Gasteiger partial charge in [0.2, 0.25) is 11.5 Å². The molecular weight excluding hydrogens is 665 g/mol. The molecule has 3 aromatic rings. The lowest BCUT2D eigenvalue weighted by Gasteiger charge is -2.53. The van der Waals surface area contributed by atoms with E-state index in [1.54, 1.807) is 13.0 Å². The molecule has 0 spiro atoms. The number of oxime groups is 1. The zero-order chi connectivity index (χ0) is 33.6. The van der Waals surface area contributed by atoms with Crippen molar-refractivity contribution in [2.24, 2.45) is 16.4 Å². The number of hydrogen-bond acceptors (Lipinski definition) is 15. The van der Waals surface area contributed by atoms with Gasteiger partial charge < -0.3 is 31.0 Å². The lowest BCUT2D eigenvalue weighted by atomic mass is 9.89. The number of aromatic nitrogens is 4. The highest BCUT2D eigenvalue weighted by Crippen LogP contribution is 2.44. The van der Waals surface area contributed by atoms with Crippen LogP contribution in [0.15, 0.2) is 27.8 Å². The van der Waals surface area contributed by atoms with Crippen LogP contribution in [0.5, 0.6) is 0 Å². The quantitative estimate of drug-likeness (QED) is 0.0282. The van der Waals surface area contributed by atoms with Gasteiger partial charge in [0.05, 0.1) is 6.20 Å². The molecule has 2 aliphatic heterocycles. The van der Waals surface area contributed by atoms with E-state index in [9.17, 15) is 34.2 Å². The highest BCUT2D eigenvalue weighted by Gasteiger charge is 2.57. The summed E-state index contributed by atoms with van der Waals surface area (Å²) >= 11 is 3.40. The minimum atomic E-state index is -1.56. The number of hydrazine groups is 1. The molecule has 0 saturated carbocycles. The summed E-state index contributed by atoms with van der Waals surface area (Å²) in [5.74, 6) is 0.996. The number of nitrogens with two attached hydrogens (primary N) is 2. The lowest BCUT2D eigenvalue weighted by molar-refractivity contribution is -0.157. The van der Waals surface area contributed by atoms with Crippen LogP contribution >= 0.6 is 34.9 Å². The maximum Gasteiger partial charge on any atom is 0.341 e. The van der Waals surface area contributed by atoms with Crippen molar-refractivity contribution in [3.8, 4) is 0 Å². The second kappa shape index (κ2) is 12.4. The SMILES string of the molecule is Cc1cc(SCC2(C(=O)O)CS[C@@H]3C(NC(=O)C(=NOC(C)(C)C(=O)NN)c4csc(N)n4)C(=O)N3C2)n2ncc(C(=O)O)c2n1. The number of aryl methyl sites for hydroxylation is 1. The highest BCUT2D eigenvalue weighted by atomic mass is 32.2. The largest absolute Gasteiger partial charge is 0.481 e. The molecule has 21 heteroatoms. The zero-order valence-electron chi connectivity index (χ0n) is 24.4. The number of thioether (sulfide) groups is 2. The van der Waals surface area contributed by atoms with Gasteiger partial charge in [-0.25, -0.2) is 25.1 Å². The molecular formula is C25H28N10O8S3. The van der Waals surface area contributed by atoms with E-state index in [-0.39, 0.29) is 45.8 Å². The van der Waals surface area contributed by atoms with Crippen LogP contribution in [-0.2, 0) is 24.0 Å². The van der Waals surface area contributed by atoms with E-state index < -0.39 is 52.1 Å². The molecule has 244 valence electrons. The first kappa shape index (κ1) is 32.9. The molecule has 3 aromatic heterocycles. The number of nitrogens with zero attached hydrogens (tertiary/aromatic N) is 6. The van der Waals surface area contributed by atoms with Crippen molar-refractivity contribution in [1.29, 1.82) is 0 Å². The standard InChI is InChI=1S/C25H28N10O8S3/c1-10-4-13(35-16(29-10)11(5-28-35)20(38)39)45-8-25(22(41)42)7-34-18(37)15(19(34)46-9-25)31-17(36)14(12-6-44-23(26)30-12)33-43-24(2,3)21(40)32-27/h4-6,15,19H,7-9,27H2,1-3H3,(H2,26,30)(H,31,36)(H,32,40)(H,38,39)(H,41,42)/t15?,19-,25?/m1/s1. The number of β-lactam (4-membered cyclic amide) rings is 1. The molecule has 3 amide bonds. The van der Waals surface area contributed by atoms with Crippen molar-refractivity contribution in [2.75, 3.05) is 23.8 Å². The third-order valence-electron chi connectivity index (χ3n) is 7.20. The number of aromatic carboxylic acids is 1. The second-order valence-electron chi connectivity index (χ2n) is 10.9. The minimum Gasteiger partial charge on any atom is -0.481 e. The van der Waals surface area contributed by atoms with E-state index in [0.717, 1.165) is 23.1 Å². The number of carbonyl (C=O) groups excluding carboxylic acids is 3. The minimum absolute atomic E-state index is 0.0369. The Labute approximate surface area is 272 Å². The van der Waals surface area contributed by atoms with Gasteiger partial charge in [-0.05, 0) is 26.8 Å². The van der Waals surface area contributed by atoms with Gasteiger partial charge in [-0.1, -0.05) is 5.16 Å². The molecule has 3 atom stereocenters. The third kappa shape index (κ3) is 6.04. The normalized spacial score (nSPS) is 21.3. The topological polar surface area (TPSA) is 270 Å². The van der Waals surface area contributed by atoms with Gasteiger partial charge in [-0.2, -0.15) is 5.10 Å². The van der Waals surface area contributed by atoms with E-state index in [1.807, 2.05) is 5.43 Å². The van der Waals surface area contributed by atoms with Crippen LogP contribution in [0.2, 0.25) is 0 Å². The Balaban J connectivity index is 1.30. The number of carbonyl (C=O) groups is 5. The number of nitrogens with one attached hydrogen (secondary N) is 2. The molecule has 5 heterocycles. The van der Waals surface area contributed by atoms with E-state index in [0.29, 0.717) is 10.7 Å². The van der Waals surface area contributed by atoms with Gasteiger partial charge in [0.25, 0.3) is 11.8 Å². The van der Waals surface area contributed by atoms with Gasteiger partial charge in [0.15, 0.2) is 16.5 Å². The maximum absolute atomic E-state index is 13.4. The van der Waals surface area contributed by atoms with Crippen molar-refractivity contribution < 1.29 is 39.0 Å². The first-order valence-corrected chi connectivity index (χ1v) is 16.3. The molecule has 2 fully saturated rings. The van der Waals surface area contributed by atoms with Crippen LogP contribution in [-0.4, -0.2) is 105 Å². The van der Waals surface area contributed by atoms with Gasteiger partial charge >= 0.3 is 11.9 Å². The summed E-state index contributed by atoms with van der Waals surface area (Å²) in [7, 11) is 0. The predicted molar refractivity (Wildman–Crippen MR) is 166 cm³/mol. The number of nitrogen functional groups attached to an aromatic ring is 1. The number of amides is 3. The smallest absolute Gasteiger partial charge is 0.341 e. The fourth-order valence-corrected chi connectivity index (χ4v) is 8.08. The average molecular weight is 693 g/mol. The van der Waals surface area contributed by atoms with Crippen LogP contribution in [0.4, 0.5) is 5.13 Å². The Morgan fingerprint density at radius 3 is 2.65 bits per heavy atom. The summed E-state index contributed by atoms with van der Waals surface area (Å²) in [5.41, 5.74) is 5.04. The van der Waals surface area contributed by atoms with Crippen molar-refractivity contribution in [3.05, 3.63) is 34.6 Å². The second-order valence-corrected chi connectivity index (χ2v) is 13.9. The van der Waals surface area contributed by atoms with Crippen molar-refractivity contribution >= 4 is 81.0 Å². The van der Waals surface area contributed by atoms with Crippen LogP contribution < -0.4 is 22.3 Å². The Morgan fingerprint density at radius 1 is 1.28 bits per heavy atom. The lowest BCUT2D eigenvalue weighted by Crippen LogP contribution is -2.74. The predicted octanol–water partition coefficient (Wildman–Crippen LogP) is -0.473. The molecule has 2 saturated heterocycles. The van der Waals surface area contributed by atoms with E-state index in [1.165, 1.54) is 46.6 Å².